The molecule has 1 N–H and O–H groups in total. The molecule has 0 amide bonds. The quantitative estimate of drug-likeness (QED) is 0.857. The third kappa shape index (κ3) is 2.19. The molecule has 0 saturated carbocycles. The number of furan rings is 1. The van der Waals surface area contributed by atoms with Crippen molar-refractivity contribution in [3.05, 3.63) is 46.7 Å². The summed E-state index contributed by atoms with van der Waals surface area (Å²) in [5, 5.41) is 12.8. The van der Waals surface area contributed by atoms with E-state index < -0.39 is 0 Å². The van der Waals surface area contributed by atoms with Crippen LogP contribution in [0.3, 0.4) is 0 Å². The summed E-state index contributed by atoms with van der Waals surface area (Å²) < 4.78 is 5.50. The number of carbonyl (C=O) groups excluding carboxylic acids is 1. The summed E-state index contributed by atoms with van der Waals surface area (Å²) >= 11 is 0. The van der Waals surface area contributed by atoms with E-state index >= 15 is 0 Å². The maximum absolute atomic E-state index is 12.6. The van der Waals surface area contributed by atoms with Crippen molar-refractivity contribution in [2.75, 3.05) is 0 Å². The molecule has 0 saturated heterocycles. The van der Waals surface area contributed by atoms with Crippen molar-refractivity contribution >= 4 is 5.78 Å². The van der Waals surface area contributed by atoms with Gasteiger partial charge in [0.25, 0.3) is 0 Å². The highest BCUT2D eigenvalue weighted by atomic mass is 16.3. The van der Waals surface area contributed by atoms with Gasteiger partial charge >= 0.3 is 0 Å². The Hall–Kier alpha value is -2.28. The van der Waals surface area contributed by atoms with Crippen molar-refractivity contribution in [2.24, 2.45) is 5.41 Å². The zero-order chi connectivity index (χ0) is 15.2. The summed E-state index contributed by atoms with van der Waals surface area (Å²) in [5.41, 5.74) is 2.96. The van der Waals surface area contributed by atoms with Crippen LogP contribution in [0.15, 0.2) is 45.4 Å². The molecular formula is C17H18N2O2. The van der Waals surface area contributed by atoms with Crippen LogP contribution in [0.25, 0.3) is 0 Å². The second-order valence-corrected chi connectivity index (χ2v) is 6.56. The fourth-order valence-corrected chi connectivity index (χ4v) is 3.32. The monoisotopic (exact) mass is 282 g/mol. The predicted molar refractivity (Wildman–Crippen MR) is 77.9 cm³/mol. The Bertz CT molecular complexity index is 700. The van der Waals surface area contributed by atoms with Gasteiger partial charge in [-0.3, -0.25) is 4.79 Å². The van der Waals surface area contributed by atoms with E-state index in [-0.39, 0.29) is 17.1 Å². The molecule has 0 bridgehead atoms. The number of dihydropyridines is 1. The summed E-state index contributed by atoms with van der Waals surface area (Å²) in [6, 6.07) is 5.86. The van der Waals surface area contributed by atoms with Gasteiger partial charge in [0.05, 0.1) is 23.8 Å². The molecule has 2 aliphatic rings. The zero-order valence-corrected chi connectivity index (χ0v) is 12.5. The Labute approximate surface area is 124 Å². The van der Waals surface area contributed by atoms with Crippen LogP contribution in [-0.4, -0.2) is 5.78 Å². The molecule has 3 rings (SSSR count). The van der Waals surface area contributed by atoms with Gasteiger partial charge < -0.3 is 9.73 Å². The lowest BCUT2D eigenvalue weighted by Crippen LogP contribution is -2.36. The highest BCUT2D eigenvalue weighted by molar-refractivity contribution is 6.00. The standard InChI is InChI=1S/C17H18N2O2/c1-10-11(9-18)15(14-5-4-6-21-14)16-12(19-10)7-17(2,3)8-13(16)20/h4-6,15,19H,7-8H2,1-3H3. The van der Waals surface area contributed by atoms with Crippen molar-refractivity contribution in [3.63, 3.8) is 0 Å². The molecule has 1 unspecified atom stereocenters. The molecule has 108 valence electrons. The summed E-state index contributed by atoms with van der Waals surface area (Å²) in [4.78, 5) is 12.6. The van der Waals surface area contributed by atoms with Gasteiger partial charge in [0.15, 0.2) is 5.78 Å². The number of allylic oxidation sites excluding steroid dienone is 4. The molecule has 0 radical (unpaired) electrons. The Balaban J connectivity index is 2.17. The van der Waals surface area contributed by atoms with E-state index in [4.69, 9.17) is 4.42 Å². The van der Waals surface area contributed by atoms with Crippen LogP contribution < -0.4 is 5.32 Å². The Morgan fingerprint density at radius 3 is 2.81 bits per heavy atom. The summed E-state index contributed by atoms with van der Waals surface area (Å²) in [5.74, 6) is 0.396. The van der Waals surface area contributed by atoms with Gasteiger partial charge in [-0.05, 0) is 30.9 Å². The minimum Gasteiger partial charge on any atom is -0.468 e. The number of hydrogen-bond acceptors (Lipinski definition) is 4. The fraction of sp³-hybridized carbons (Fsp3) is 0.412. The number of nitrogens with one attached hydrogen (secondary N) is 1. The molecule has 1 aliphatic heterocycles. The van der Waals surface area contributed by atoms with Crippen molar-refractivity contribution in [3.8, 4) is 6.07 Å². The lowest BCUT2D eigenvalue weighted by molar-refractivity contribution is -0.118. The Kier molecular flexibility index (Phi) is 3.02. The van der Waals surface area contributed by atoms with E-state index in [2.05, 4.69) is 25.2 Å². The lowest BCUT2D eigenvalue weighted by atomic mass is 9.70. The van der Waals surface area contributed by atoms with Gasteiger partial charge in [0.2, 0.25) is 0 Å². The van der Waals surface area contributed by atoms with Gasteiger partial charge in [-0.1, -0.05) is 13.8 Å². The average Bonchev–Trinajstić information content (AvgIpc) is 2.88. The highest BCUT2D eigenvalue weighted by Crippen LogP contribution is 2.46. The number of hydrogen-bond donors (Lipinski definition) is 1. The average molecular weight is 282 g/mol. The third-order valence-electron chi connectivity index (χ3n) is 4.19. The van der Waals surface area contributed by atoms with Crippen LogP contribution in [0.1, 0.15) is 45.3 Å². The Morgan fingerprint density at radius 2 is 2.19 bits per heavy atom. The number of carbonyl (C=O) groups is 1. The molecule has 2 heterocycles. The number of ketones is 1. The van der Waals surface area contributed by atoms with Crippen LogP contribution >= 0.6 is 0 Å². The second-order valence-electron chi connectivity index (χ2n) is 6.56. The maximum atomic E-state index is 12.6. The van der Waals surface area contributed by atoms with Gasteiger partial charge in [0, 0.05) is 23.4 Å². The molecule has 1 atom stereocenters. The third-order valence-corrected chi connectivity index (χ3v) is 4.19. The first-order valence-electron chi connectivity index (χ1n) is 7.10. The molecule has 4 heteroatoms. The highest BCUT2D eigenvalue weighted by Gasteiger charge is 2.41. The lowest BCUT2D eigenvalue weighted by Gasteiger charge is -2.38. The first kappa shape index (κ1) is 13.7. The molecule has 21 heavy (non-hydrogen) atoms. The first-order valence-corrected chi connectivity index (χ1v) is 7.10. The largest absolute Gasteiger partial charge is 0.468 e. The van der Waals surface area contributed by atoms with Crippen molar-refractivity contribution in [2.45, 2.75) is 39.5 Å². The molecule has 0 aromatic carbocycles. The van der Waals surface area contributed by atoms with Gasteiger partial charge in [0.1, 0.15) is 5.76 Å². The number of Topliss-reactive ketones (excluding diaryl/α,β-unsaturated/α-hetero) is 1. The van der Waals surface area contributed by atoms with Crippen LogP contribution in [0.5, 0.6) is 0 Å². The topological polar surface area (TPSA) is 66.0 Å². The van der Waals surface area contributed by atoms with Crippen molar-refractivity contribution in [1.82, 2.24) is 5.32 Å². The van der Waals surface area contributed by atoms with Gasteiger partial charge in [-0.2, -0.15) is 5.26 Å². The molecule has 1 aliphatic carbocycles. The molecule has 4 nitrogen and oxygen atoms in total. The zero-order valence-electron chi connectivity index (χ0n) is 12.5. The van der Waals surface area contributed by atoms with Gasteiger partial charge in [-0.25, -0.2) is 0 Å². The predicted octanol–water partition coefficient (Wildman–Crippen LogP) is 3.41. The van der Waals surface area contributed by atoms with Crippen molar-refractivity contribution in [1.29, 1.82) is 5.26 Å². The Morgan fingerprint density at radius 1 is 1.43 bits per heavy atom. The van der Waals surface area contributed by atoms with E-state index in [0.29, 0.717) is 23.3 Å². The summed E-state index contributed by atoms with van der Waals surface area (Å²) in [6.07, 6.45) is 2.89. The summed E-state index contributed by atoms with van der Waals surface area (Å²) in [6.45, 7) is 6.07. The number of rotatable bonds is 1. The number of nitrogens with zero attached hydrogens (tertiary/aromatic N) is 1. The molecule has 1 aromatic rings. The second kappa shape index (κ2) is 4.63. The van der Waals surface area contributed by atoms with Crippen molar-refractivity contribution < 1.29 is 9.21 Å². The van der Waals surface area contributed by atoms with Crippen LogP contribution in [0.2, 0.25) is 0 Å². The van der Waals surface area contributed by atoms with Gasteiger partial charge in [-0.15, -0.1) is 0 Å². The maximum Gasteiger partial charge on any atom is 0.162 e. The minimum atomic E-state index is -0.371. The molecule has 1 aromatic heterocycles. The van der Waals surface area contributed by atoms with E-state index in [1.54, 1.807) is 12.3 Å². The smallest absolute Gasteiger partial charge is 0.162 e. The number of nitriles is 1. The van der Waals surface area contributed by atoms with Crippen LogP contribution in [0.4, 0.5) is 0 Å². The van der Waals surface area contributed by atoms with E-state index in [1.165, 1.54) is 0 Å². The fourth-order valence-electron chi connectivity index (χ4n) is 3.32. The van der Waals surface area contributed by atoms with Crippen LogP contribution in [-0.2, 0) is 4.79 Å². The van der Waals surface area contributed by atoms with E-state index in [0.717, 1.165) is 17.8 Å². The SMILES string of the molecule is CC1=C(C#N)C(c2ccco2)C2=C(CC(C)(C)CC2=O)N1. The molecule has 0 spiro atoms. The minimum absolute atomic E-state index is 0.0545. The van der Waals surface area contributed by atoms with E-state index in [1.807, 2.05) is 13.0 Å². The first-order chi connectivity index (χ1) is 9.93. The van der Waals surface area contributed by atoms with E-state index in [9.17, 15) is 10.1 Å². The molecule has 0 fully saturated rings. The normalized spacial score (nSPS) is 24.5. The molecular weight excluding hydrogens is 264 g/mol. The summed E-state index contributed by atoms with van der Waals surface area (Å²) in [7, 11) is 0. The van der Waals surface area contributed by atoms with Crippen LogP contribution in [0, 0.1) is 16.7 Å².